The monoisotopic (exact) mass is 274 g/mol. The summed E-state index contributed by atoms with van der Waals surface area (Å²) in [5.74, 6) is -2.86. The van der Waals surface area contributed by atoms with Crippen molar-refractivity contribution in [1.29, 1.82) is 0 Å². The van der Waals surface area contributed by atoms with E-state index in [2.05, 4.69) is 5.32 Å². The topological polar surface area (TPSA) is 58.2 Å². The van der Waals surface area contributed by atoms with Gasteiger partial charge in [0.15, 0.2) is 0 Å². The van der Waals surface area contributed by atoms with Gasteiger partial charge in [0.05, 0.1) is 0 Å². The highest BCUT2D eigenvalue weighted by Crippen LogP contribution is 2.15. The Labute approximate surface area is 108 Å². The van der Waals surface area contributed by atoms with Crippen LogP contribution in [0.2, 0.25) is 0 Å². The number of halogens is 3. The lowest BCUT2D eigenvalue weighted by molar-refractivity contribution is -0.174. The number of rotatable bonds is 3. The number of nitrogens with one attached hydrogen (secondary N) is 2. The SMILES string of the molecule is Cc1cccc(NC(=O)[C@@H](C)NC(=O)C(F)(F)F)c1. The number of carbonyl (C=O) groups is 2. The Balaban J connectivity index is 2.61. The fourth-order valence-corrected chi connectivity index (χ4v) is 1.32. The molecular formula is C12H13F3N2O2. The molecule has 0 saturated heterocycles. The summed E-state index contributed by atoms with van der Waals surface area (Å²) in [7, 11) is 0. The average molecular weight is 274 g/mol. The van der Waals surface area contributed by atoms with Crippen molar-refractivity contribution in [2.75, 3.05) is 5.32 Å². The molecule has 0 aliphatic carbocycles. The highest BCUT2D eigenvalue weighted by molar-refractivity contribution is 5.97. The van der Waals surface area contributed by atoms with Crippen molar-refractivity contribution in [3.05, 3.63) is 29.8 Å². The summed E-state index contributed by atoms with van der Waals surface area (Å²) >= 11 is 0. The molecule has 104 valence electrons. The van der Waals surface area contributed by atoms with Crippen LogP contribution in [0.4, 0.5) is 18.9 Å². The lowest BCUT2D eigenvalue weighted by atomic mass is 10.2. The predicted molar refractivity (Wildman–Crippen MR) is 63.5 cm³/mol. The van der Waals surface area contributed by atoms with Crippen LogP contribution < -0.4 is 10.6 Å². The number of carbonyl (C=O) groups excluding carboxylic acids is 2. The molecule has 2 N–H and O–H groups in total. The third-order valence-electron chi connectivity index (χ3n) is 2.28. The number of benzene rings is 1. The van der Waals surface area contributed by atoms with E-state index in [0.717, 1.165) is 5.56 Å². The van der Waals surface area contributed by atoms with Gasteiger partial charge >= 0.3 is 12.1 Å². The van der Waals surface area contributed by atoms with Crippen LogP contribution in [0.3, 0.4) is 0 Å². The van der Waals surface area contributed by atoms with E-state index >= 15 is 0 Å². The molecule has 1 aromatic carbocycles. The van der Waals surface area contributed by atoms with E-state index in [1.807, 2.05) is 13.0 Å². The minimum absolute atomic E-state index is 0.457. The van der Waals surface area contributed by atoms with Gasteiger partial charge in [0.25, 0.3) is 0 Å². The van der Waals surface area contributed by atoms with Crippen molar-refractivity contribution >= 4 is 17.5 Å². The first-order valence-electron chi connectivity index (χ1n) is 5.45. The molecule has 7 heteroatoms. The van der Waals surface area contributed by atoms with Crippen molar-refractivity contribution in [2.45, 2.75) is 26.1 Å². The van der Waals surface area contributed by atoms with E-state index < -0.39 is 24.0 Å². The average Bonchev–Trinajstić information content (AvgIpc) is 2.27. The van der Waals surface area contributed by atoms with Gasteiger partial charge in [-0.3, -0.25) is 9.59 Å². The van der Waals surface area contributed by atoms with Crippen molar-refractivity contribution in [3.8, 4) is 0 Å². The highest BCUT2D eigenvalue weighted by atomic mass is 19.4. The van der Waals surface area contributed by atoms with Gasteiger partial charge in [0.2, 0.25) is 5.91 Å². The van der Waals surface area contributed by atoms with Gasteiger partial charge in [0, 0.05) is 5.69 Å². The minimum atomic E-state index is -5.00. The molecule has 0 bridgehead atoms. The van der Waals surface area contributed by atoms with Crippen molar-refractivity contribution < 1.29 is 22.8 Å². The molecule has 0 aromatic heterocycles. The summed E-state index contributed by atoms with van der Waals surface area (Å²) in [5.41, 5.74) is 1.35. The smallest absolute Gasteiger partial charge is 0.337 e. The Morgan fingerprint density at radius 3 is 2.42 bits per heavy atom. The number of aryl methyl sites for hydroxylation is 1. The zero-order chi connectivity index (χ0) is 14.6. The number of alkyl halides is 3. The van der Waals surface area contributed by atoms with Gasteiger partial charge in [-0.25, -0.2) is 0 Å². The number of hydrogen-bond acceptors (Lipinski definition) is 2. The summed E-state index contributed by atoms with van der Waals surface area (Å²) in [5, 5.41) is 4.00. The zero-order valence-corrected chi connectivity index (χ0v) is 10.3. The molecule has 1 atom stereocenters. The second-order valence-electron chi connectivity index (χ2n) is 4.05. The van der Waals surface area contributed by atoms with Gasteiger partial charge in [0.1, 0.15) is 6.04 Å². The van der Waals surface area contributed by atoms with Gasteiger partial charge in [-0.05, 0) is 31.5 Å². The predicted octanol–water partition coefficient (Wildman–Crippen LogP) is 2.00. The maximum atomic E-state index is 12.0. The molecule has 0 fully saturated rings. The zero-order valence-electron chi connectivity index (χ0n) is 10.3. The first kappa shape index (κ1) is 15.0. The number of amides is 2. The van der Waals surface area contributed by atoms with E-state index in [1.54, 1.807) is 23.5 Å². The van der Waals surface area contributed by atoms with Crippen LogP contribution in [0, 0.1) is 6.92 Å². The van der Waals surface area contributed by atoms with Crippen molar-refractivity contribution in [1.82, 2.24) is 5.32 Å². The van der Waals surface area contributed by atoms with E-state index in [-0.39, 0.29) is 0 Å². The summed E-state index contributed by atoms with van der Waals surface area (Å²) in [6.07, 6.45) is -5.00. The third kappa shape index (κ3) is 4.61. The van der Waals surface area contributed by atoms with Gasteiger partial charge in [-0.1, -0.05) is 12.1 Å². The van der Waals surface area contributed by atoms with Gasteiger partial charge < -0.3 is 10.6 Å². The van der Waals surface area contributed by atoms with Crippen LogP contribution in [-0.4, -0.2) is 24.0 Å². The normalized spacial score (nSPS) is 12.7. The van der Waals surface area contributed by atoms with Crippen LogP contribution in [0.5, 0.6) is 0 Å². The Kier molecular flexibility index (Phi) is 4.52. The number of anilines is 1. The maximum absolute atomic E-state index is 12.0. The lowest BCUT2D eigenvalue weighted by Gasteiger charge is -2.15. The Morgan fingerprint density at radius 2 is 1.89 bits per heavy atom. The molecule has 4 nitrogen and oxygen atoms in total. The molecule has 0 saturated carbocycles. The van der Waals surface area contributed by atoms with Crippen LogP contribution >= 0.6 is 0 Å². The van der Waals surface area contributed by atoms with Crippen LogP contribution in [0.15, 0.2) is 24.3 Å². The summed E-state index contributed by atoms with van der Waals surface area (Å²) in [6.45, 7) is 2.99. The van der Waals surface area contributed by atoms with Crippen LogP contribution in [-0.2, 0) is 9.59 Å². The van der Waals surface area contributed by atoms with Crippen molar-refractivity contribution in [2.24, 2.45) is 0 Å². The molecule has 1 rings (SSSR count). The van der Waals surface area contributed by atoms with Gasteiger partial charge in [-0.2, -0.15) is 13.2 Å². The Bertz CT molecular complexity index is 486. The molecule has 0 aliphatic rings. The Hall–Kier alpha value is -2.05. The van der Waals surface area contributed by atoms with E-state index in [4.69, 9.17) is 0 Å². The molecule has 0 radical (unpaired) electrons. The van der Waals surface area contributed by atoms with E-state index in [1.165, 1.54) is 6.92 Å². The second kappa shape index (κ2) is 5.73. The lowest BCUT2D eigenvalue weighted by Crippen LogP contribution is -2.47. The molecule has 0 unspecified atom stereocenters. The first-order valence-corrected chi connectivity index (χ1v) is 5.45. The quantitative estimate of drug-likeness (QED) is 0.885. The third-order valence-corrected chi connectivity index (χ3v) is 2.28. The fraction of sp³-hybridized carbons (Fsp3) is 0.333. The van der Waals surface area contributed by atoms with Crippen molar-refractivity contribution in [3.63, 3.8) is 0 Å². The summed E-state index contributed by atoms with van der Waals surface area (Å²) < 4.78 is 36.0. The minimum Gasteiger partial charge on any atom is -0.337 e. The van der Waals surface area contributed by atoms with Crippen LogP contribution in [0.25, 0.3) is 0 Å². The molecule has 19 heavy (non-hydrogen) atoms. The number of hydrogen-bond donors (Lipinski definition) is 2. The highest BCUT2D eigenvalue weighted by Gasteiger charge is 2.39. The largest absolute Gasteiger partial charge is 0.471 e. The molecule has 0 spiro atoms. The van der Waals surface area contributed by atoms with E-state index in [0.29, 0.717) is 5.69 Å². The molecule has 0 aliphatic heterocycles. The summed E-state index contributed by atoms with van der Waals surface area (Å²) in [4.78, 5) is 22.3. The molecule has 1 aromatic rings. The summed E-state index contributed by atoms with van der Waals surface area (Å²) in [6, 6.07) is 5.49. The standard InChI is InChI=1S/C12H13F3N2O2/c1-7-4-3-5-9(6-7)17-10(18)8(2)16-11(19)12(13,14)15/h3-6,8H,1-2H3,(H,16,19)(H,17,18)/t8-/m1/s1. The maximum Gasteiger partial charge on any atom is 0.471 e. The first-order chi connectivity index (χ1) is 8.70. The Morgan fingerprint density at radius 1 is 1.26 bits per heavy atom. The molecular weight excluding hydrogens is 261 g/mol. The van der Waals surface area contributed by atoms with Gasteiger partial charge in [-0.15, -0.1) is 0 Å². The molecule has 0 heterocycles. The fourth-order valence-electron chi connectivity index (χ4n) is 1.32. The molecule has 2 amide bonds. The second-order valence-corrected chi connectivity index (χ2v) is 4.05. The van der Waals surface area contributed by atoms with E-state index in [9.17, 15) is 22.8 Å². The van der Waals surface area contributed by atoms with Crippen LogP contribution in [0.1, 0.15) is 12.5 Å².